The molecule has 4 nitrogen and oxygen atoms in total. The highest BCUT2D eigenvalue weighted by Gasteiger charge is 2.00. The molecule has 0 unspecified atom stereocenters. The largest absolute Gasteiger partial charge is 0.453 e. The number of aromatic nitrogens is 1. The van der Waals surface area contributed by atoms with Gasteiger partial charge in [0.1, 0.15) is 5.82 Å². The van der Waals surface area contributed by atoms with Crippen LogP contribution in [0.3, 0.4) is 0 Å². The summed E-state index contributed by atoms with van der Waals surface area (Å²) in [5.74, 6) is -0.510. The molecule has 1 aromatic rings. The molecule has 1 N–H and O–H groups in total. The number of carbonyl (C=O) groups is 1. The molecule has 0 atom stereocenters. The van der Waals surface area contributed by atoms with Crippen LogP contribution in [0.1, 0.15) is 0 Å². The van der Waals surface area contributed by atoms with Gasteiger partial charge in [-0.15, -0.1) is 0 Å². The first kappa shape index (κ1) is 8.45. The molecule has 0 aromatic carbocycles. The van der Waals surface area contributed by atoms with E-state index >= 15 is 0 Å². The number of rotatable bonds is 1. The fourth-order valence-corrected chi connectivity index (χ4v) is 0.649. The van der Waals surface area contributed by atoms with Crippen LogP contribution in [0.2, 0.25) is 0 Å². The SMILES string of the molecule is COC(=O)Nc1cncc(F)c1. The van der Waals surface area contributed by atoms with Gasteiger partial charge in [0.25, 0.3) is 0 Å². The van der Waals surface area contributed by atoms with Crippen molar-refractivity contribution in [3.05, 3.63) is 24.3 Å². The lowest BCUT2D eigenvalue weighted by atomic mass is 10.4. The van der Waals surface area contributed by atoms with Gasteiger partial charge in [-0.3, -0.25) is 10.3 Å². The summed E-state index contributed by atoms with van der Waals surface area (Å²) in [5.41, 5.74) is 0.266. The summed E-state index contributed by atoms with van der Waals surface area (Å²) in [5, 5.41) is 2.27. The van der Waals surface area contributed by atoms with Crippen molar-refractivity contribution in [2.45, 2.75) is 0 Å². The first-order valence-corrected chi connectivity index (χ1v) is 3.18. The highest BCUT2D eigenvalue weighted by molar-refractivity contribution is 5.84. The van der Waals surface area contributed by atoms with E-state index in [1.807, 2.05) is 0 Å². The zero-order chi connectivity index (χ0) is 8.97. The lowest BCUT2D eigenvalue weighted by molar-refractivity contribution is 0.187. The number of carbonyl (C=O) groups excluding carboxylic acids is 1. The number of halogens is 1. The summed E-state index contributed by atoms with van der Waals surface area (Å²) in [6.07, 6.45) is 1.71. The maximum absolute atomic E-state index is 12.5. The predicted octanol–water partition coefficient (Wildman–Crippen LogP) is 1.40. The van der Waals surface area contributed by atoms with Crippen molar-refractivity contribution < 1.29 is 13.9 Å². The second-order valence-electron chi connectivity index (χ2n) is 2.01. The molecule has 0 aliphatic heterocycles. The van der Waals surface area contributed by atoms with Gasteiger partial charge in [-0.2, -0.15) is 0 Å². The quantitative estimate of drug-likeness (QED) is 0.693. The van der Waals surface area contributed by atoms with Crippen molar-refractivity contribution in [3.63, 3.8) is 0 Å². The average Bonchev–Trinajstić information content (AvgIpc) is 2.04. The number of pyridine rings is 1. The van der Waals surface area contributed by atoms with E-state index in [1.165, 1.54) is 13.3 Å². The van der Waals surface area contributed by atoms with Crippen LogP contribution in [-0.4, -0.2) is 18.2 Å². The molecule has 0 saturated heterocycles. The molecule has 0 spiro atoms. The van der Waals surface area contributed by atoms with Gasteiger partial charge in [-0.25, -0.2) is 9.18 Å². The standard InChI is InChI=1S/C7H7FN2O2/c1-12-7(11)10-6-2-5(8)3-9-4-6/h2-4H,1H3,(H,10,11). The molecule has 0 fully saturated rings. The van der Waals surface area contributed by atoms with Crippen molar-refractivity contribution in [2.24, 2.45) is 0 Å². The Labute approximate surface area is 68.4 Å². The second-order valence-corrected chi connectivity index (χ2v) is 2.01. The third-order valence-corrected chi connectivity index (χ3v) is 1.14. The lowest BCUT2D eigenvalue weighted by Crippen LogP contribution is -2.11. The van der Waals surface area contributed by atoms with E-state index in [-0.39, 0.29) is 5.69 Å². The number of nitrogens with one attached hydrogen (secondary N) is 1. The number of hydrogen-bond donors (Lipinski definition) is 1. The van der Waals surface area contributed by atoms with Gasteiger partial charge < -0.3 is 4.74 Å². The van der Waals surface area contributed by atoms with Gasteiger partial charge in [0.15, 0.2) is 0 Å². The number of amides is 1. The molecule has 5 heteroatoms. The van der Waals surface area contributed by atoms with E-state index in [4.69, 9.17) is 0 Å². The lowest BCUT2D eigenvalue weighted by Gasteiger charge is -2.01. The zero-order valence-electron chi connectivity index (χ0n) is 6.37. The summed E-state index contributed by atoms with van der Waals surface area (Å²) >= 11 is 0. The molecule has 0 radical (unpaired) electrons. The molecule has 0 saturated carbocycles. The Morgan fingerprint density at radius 3 is 3.00 bits per heavy atom. The smallest absolute Gasteiger partial charge is 0.411 e. The minimum Gasteiger partial charge on any atom is -0.453 e. The van der Waals surface area contributed by atoms with Gasteiger partial charge in [-0.1, -0.05) is 0 Å². The molecule has 0 aliphatic rings. The normalized spacial score (nSPS) is 9.17. The van der Waals surface area contributed by atoms with Crippen molar-refractivity contribution in [1.29, 1.82) is 0 Å². The van der Waals surface area contributed by atoms with E-state index in [0.717, 1.165) is 12.3 Å². The first-order valence-electron chi connectivity index (χ1n) is 3.18. The fourth-order valence-electron chi connectivity index (χ4n) is 0.649. The van der Waals surface area contributed by atoms with Crippen LogP contribution in [0.5, 0.6) is 0 Å². The van der Waals surface area contributed by atoms with E-state index < -0.39 is 11.9 Å². The van der Waals surface area contributed by atoms with Crippen LogP contribution < -0.4 is 5.32 Å². The fraction of sp³-hybridized carbons (Fsp3) is 0.143. The van der Waals surface area contributed by atoms with Crippen LogP contribution in [0, 0.1) is 5.82 Å². The minimum absolute atomic E-state index is 0.266. The molecule has 0 aliphatic carbocycles. The summed E-state index contributed by atoms with van der Waals surface area (Å²) in [6.45, 7) is 0. The Kier molecular flexibility index (Phi) is 2.57. The van der Waals surface area contributed by atoms with E-state index in [1.54, 1.807) is 0 Å². The van der Waals surface area contributed by atoms with Gasteiger partial charge in [0, 0.05) is 6.07 Å². The van der Waals surface area contributed by atoms with Crippen LogP contribution in [0.4, 0.5) is 14.9 Å². The number of anilines is 1. The summed E-state index contributed by atoms with van der Waals surface area (Å²) in [4.78, 5) is 14.1. The Morgan fingerprint density at radius 1 is 1.67 bits per heavy atom. The molecule has 1 rings (SSSR count). The zero-order valence-corrected chi connectivity index (χ0v) is 6.37. The maximum Gasteiger partial charge on any atom is 0.411 e. The van der Waals surface area contributed by atoms with Gasteiger partial charge in [0.2, 0.25) is 0 Å². The van der Waals surface area contributed by atoms with E-state index in [9.17, 15) is 9.18 Å². The third-order valence-electron chi connectivity index (χ3n) is 1.14. The third kappa shape index (κ3) is 2.19. The molecule has 1 heterocycles. The highest BCUT2D eigenvalue weighted by Crippen LogP contribution is 2.06. The first-order chi connectivity index (χ1) is 5.72. The molecule has 64 valence electrons. The van der Waals surface area contributed by atoms with E-state index in [0.29, 0.717) is 0 Å². The molecule has 12 heavy (non-hydrogen) atoms. The summed E-state index contributed by atoms with van der Waals surface area (Å²) in [6, 6.07) is 1.14. The summed E-state index contributed by atoms with van der Waals surface area (Å²) in [7, 11) is 1.22. The van der Waals surface area contributed by atoms with Crippen molar-refractivity contribution in [1.82, 2.24) is 4.98 Å². The molecule has 0 bridgehead atoms. The number of hydrogen-bond acceptors (Lipinski definition) is 3. The number of ether oxygens (including phenoxy) is 1. The van der Waals surface area contributed by atoms with E-state index in [2.05, 4.69) is 15.0 Å². The average molecular weight is 170 g/mol. The Morgan fingerprint density at radius 2 is 2.42 bits per heavy atom. The maximum atomic E-state index is 12.5. The Hall–Kier alpha value is -1.65. The predicted molar refractivity (Wildman–Crippen MR) is 40.2 cm³/mol. The van der Waals surface area contributed by atoms with Crippen LogP contribution >= 0.6 is 0 Å². The van der Waals surface area contributed by atoms with Crippen LogP contribution in [0.15, 0.2) is 18.5 Å². The van der Waals surface area contributed by atoms with Crippen LogP contribution in [-0.2, 0) is 4.74 Å². The number of nitrogens with zero attached hydrogens (tertiary/aromatic N) is 1. The topological polar surface area (TPSA) is 51.2 Å². The molecule has 1 aromatic heterocycles. The molecule has 1 amide bonds. The van der Waals surface area contributed by atoms with Crippen molar-refractivity contribution >= 4 is 11.8 Å². The van der Waals surface area contributed by atoms with Gasteiger partial charge in [-0.05, 0) is 0 Å². The molecular formula is C7H7FN2O2. The highest BCUT2D eigenvalue weighted by atomic mass is 19.1. The number of methoxy groups -OCH3 is 1. The summed E-state index contributed by atoms with van der Waals surface area (Å²) < 4.78 is 16.8. The second kappa shape index (κ2) is 3.66. The minimum atomic E-state index is -0.651. The van der Waals surface area contributed by atoms with Crippen molar-refractivity contribution in [3.8, 4) is 0 Å². The Bertz CT molecular complexity index is 290. The monoisotopic (exact) mass is 170 g/mol. The van der Waals surface area contributed by atoms with Gasteiger partial charge in [0.05, 0.1) is 25.2 Å². The van der Waals surface area contributed by atoms with Crippen molar-refractivity contribution in [2.75, 3.05) is 12.4 Å². The van der Waals surface area contributed by atoms with Gasteiger partial charge >= 0.3 is 6.09 Å². The van der Waals surface area contributed by atoms with Crippen LogP contribution in [0.25, 0.3) is 0 Å². The molecular weight excluding hydrogens is 163 g/mol. The Balaban J connectivity index is 2.69.